The van der Waals surface area contributed by atoms with Crippen LogP contribution in [0.5, 0.6) is 5.75 Å². The summed E-state index contributed by atoms with van der Waals surface area (Å²) < 4.78 is 23.5. The number of methoxy groups -OCH3 is 1. The average Bonchev–Trinajstić information content (AvgIpc) is 2.46. The molecule has 0 fully saturated rings. The molecule has 2 rings (SSSR count). The van der Waals surface area contributed by atoms with Gasteiger partial charge in [-0.1, -0.05) is 0 Å². The normalized spacial score (nSPS) is 10.6. The number of ether oxygens (including phenoxy) is 2. The third kappa shape index (κ3) is 3.17. The van der Waals surface area contributed by atoms with Crippen LogP contribution in [-0.2, 0) is 4.74 Å². The van der Waals surface area contributed by atoms with E-state index in [1.165, 1.54) is 31.4 Å². The Morgan fingerprint density at radius 2 is 2.20 bits per heavy atom. The Bertz CT molecular complexity index is 633. The van der Waals surface area contributed by atoms with E-state index in [0.29, 0.717) is 35.6 Å². The fourth-order valence-electron chi connectivity index (χ4n) is 1.73. The molecule has 0 saturated heterocycles. The second kappa shape index (κ2) is 6.52. The van der Waals surface area contributed by atoms with Crippen molar-refractivity contribution < 1.29 is 18.7 Å². The Labute approximate surface area is 120 Å². The molecule has 20 heavy (non-hydrogen) atoms. The standard InChI is InChI=1S/C14H13ClFNO3/c1-19-14(18)12-8-13(20-6-2-5-15)10-7-9(16)3-4-11(10)17-12/h3-4,7-8H,2,5-6H2,1H3. The molecule has 0 N–H and O–H groups in total. The number of hydrogen-bond donors (Lipinski definition) is 0. The highest BCUT2D eigenvalue weighted by atomic mass is 35.5. The van der Waals surface area contributed by atoms with Gasteiger partial charge in [-0.3, -0.25) is 0 Å². The van der Waals surface area contributed by atoms with Crippen molar-refractivity contribution in [2.45, 2.75) is 6.42 Å². The van der Waals surface area contributed by atoms with Crippen LogP contribution in [0.15, 0.2) is 24.3 Å². The van der Waals surface area contributed by atoms with Gasteiger partial charge >= 0.3 is 5.97 Å². The fraction of sp³-hybridized carbons (Fsp3) is 0.286. The van der Waals surface area contributed by atoms with E-state index in [1.807, 2.05) is 0 Å². The number of aromatic nitrogens is 1. The molecule has 1 aromatic heterocycles. The van der Waals surface area contributed by atoms with Crippen LogP contribution in [0.3, 0.4) is 0 Å². The largest absolute Gasteiger partial charge is 0.493 e. The first-order chi connectivity index (χ1) is 9.65. The Morgan fingerprint density at radius 3 is 2.90 bits per heavy atom. The van der Waals surface area contributed by atoms with Gasteiger partial charge in [-0.15, -0.1) is 11.6 Å². The van der Waals surface area contributed by atoms with E-state index < -0.39 is 11.8 Å². The Balaban J connectivity index is 2.48. The van der Waals surface area contributed by atoms with Crippen LogP contribution in [0.25, 0.3) is 10.9 Å². The summed E-state index contributed by atoms with van der Waals surface area (Å²) in [6, 6.07) is 5.53. The Morgan fingerprint density at radius 1 is 1.40 bits per heavy atom. The molecular weight excluding hydrogens is 285 g/mol. The van der Waals surface area contributed by atoms with Crippen molar-refractivity contribution in [1.82, 2.24) is 4.98 Å². The molecule has 0 amide bonds. The summed E-state index contributed by atoms with van der Waals surface area (Å²) >= 11 is 5.59. The van der Waals surface area contributed by atoms with Crippen LogP contribution in [0.4, 0.5) is 4.39 Å². The van der Waals surface area contributed by atoms with Crippen molar-refractivity contribution in [2.24, 2.45) is 0 Å². The van der Waals surface area contributed by atoms with Crippen molar-refractivity contribution in [3.05, 3.63) is 35.8 Å². The smallest absolute Gasteiger partial charge is 0.356 e. The van der Waals surface area contributed by atoms with Crippen molar-refractivity contribution in [3.8, 4) is 5.75 Å². The fourth-order valence-corrected chi connectivity index (χ4v) is 1.84. The molecule has 0 atom stereocenters. The van der Waals surface area contributed by atoms with E-state index in [2.05, 4.69) is 9.72 Å². The van der Waals surface area contributed by atoms with Gasteiger partial charge in [0.2, 0.25) is 0 Å². The molecule has 4 nitrogen and oxygen atoms in total. The first-order valence-electron chi connectivity index (χ1n) is 6.03. The molecule has 1 aromatic carbocycles. The van der Waals surface area contributed by atoms with Crippen molar-refractivity contribution in [1.29, 1.82) is 0 Å². The zero-order chi connectivity index (χ0) is 14.5. The molecule has 6 heteroatoms. The van der Waals surface area contributed by atoms with Crippen molar-refractivity contribution in [2.75, 3.05) is 19.6 Å². The summed E-state index contributed by atoms with van der Waals surface area (Å²) in [5, 5.41) is 0.507. The molecule has 0 spiro atoms. The van der Waals surface area contributed by atoms with Gasteiger partial charge in [-0.2, -0.15) is 0 Å². The molecule has 0 bridgehead atoms. The number of carbonyl (C=O) groups is 1. The third-order valence-electron chi connectivity index (χ3n) is 2.66. The summed E-state index contributed by atoms with van der Waals surface area (Å²) in [6.45, 7) is 0.375. The Hall–Kier alpha value is -1.88. The summed E-state index contributed by atoms with van der Waals surface area (Å²) in [7, 11) is 1.27. The number of esters is 1. The predicted octanol–water partition coefficient (Wildman–Crippen LogP) is 3.17. The molecule has 0 radical (unpaired) electrons. The lowest BCUT2D eigenvalue weighted by molar-refractivity contribution is 0.0594. The second-order valence-electron chi connectivity index (χ2n) is 4.05. The lowest BCUT2D eigenvalue weighted by Crippen LogP contribution is -2.06. The van der Waals surface area contributed by atoms with Crippen LogP contribution in [0.1, 0.15) is 16.9 Å². The lowest BCUT2D eigenvalue weighted by Gasteiger charge is -2.10. The summed E-state index contributed by atoms with van der Waals surface area (Å²) in [4.78, 5) is 15.7. The predicted molar refractivity (Wildman–Crippen MR) is 73.9 cm³/mol. The number of pyridine rings is 1. The molecule has 106 valence electrons. The molecule has 2 aromatic rings. The van der Waals surface area contributed by atoms with Crippen LogP contribution in [-0.4, -0.2) is 30.5 Å². The van der Waals surface area contributed by atoms with Gasteiger partial charge < -0.3 is 9.47 Å². The van der Waals surface area contributed by atoms with Crippen LogP contribution >= 0.6 is 11.6 Å². The molecule has 1 heterocycles. The monoisotopic (exact) mass is 297 g/mol. The van der Waals surface area contributed by atoms with Gasteiger partial charge in [0.15, 0.2) is 5.69 Å². The zero-order valence-corrected chi connectivity index (χ0v) is 11.6. The minimum atomic E-state index is -0.571. The number of rotatable bonds is 5. The average molecular weight is 298 g/mol. The van der Waals surface area contributed by atoms with Gasteiger partial charge in [-0.05, 0) is 24.6 Å². The van der Waals surface area contributed by atoms with Gasteiger partial charge in [0.1, 0.15) is 11.6 Å². The van der Waals surface area contributed by atoms with E-state index in [4.69, 9.17) is 16.3 Å². The number of benzene rings is 1. The minimum absolute atomic E-state index is 0.118. The van der Waals surface area contributed by atoms with E-state index in [1.54, 1.807) is 0 Å². The van der Waals surface area contributed by atoms with Gasteiger partial charge in [0.05, 0.1) is 19.2 Å². The summed E-state index contributed by atoms with van der Waals surface area (Å²) in [5.41, 5.74) is 0.586. The maximum Gasteiger partial charge on any atom is 0.356 e. The highest BCUT2D eigenvalue weighted by Gasteiger charge is 2.13. The number of nitrogens with zero attached hydrogens (tertiary/aromatic N) is 1. The third-order valence-corrected chi connectivity index (χ3v) is 2.93. The first kappa shape index (κ1) is 14.5. The number of carbonyl (C=O) groups excluding carboxylic acids is 1. The maximum absolute atomic E-state index is 13.3. The van der Waals surface area contributed by atoms with Gasteiger partial charge in [0.25, 0.3) is 0 Å². The van der Waals surface area contributed by atoms with Crippen LogP contribution in [0.2, 0.25) is 0 Å². The van der Waals surface area contributed by atoms with Crippen molar-refractivity contribution in [3.63, 3.8) is 0 Å². The topological polar surface area (TPSA) is 48.4 Å². The molecular formula is C14H13ClFNO3. The quantitative estimate of drug-likeness (QED) is 0.483. The summed E-state index contributed by atoms with van der Waals surface area (Å²) in [6.07, 6.45) is 0.647. The number of alkyl halides is 1. The Kier molecular flexibility index (Phi) is 4.74. The van der Waals surface area contributed by atoms with E-state index >= 15 is 0 Å². The highest BCUT2D eigenvalue weighted by Crippen LogP contribution is 2.27. The van der Waals surface area contributed by atoms with E-state index in [0.717, 1.165) is 0 Å². The molecule has 0 unspecified atom stereocenters. The first-order valence-corrected chi connectivity index (χ1v) is 6.56. The molecule has 0 aliphatic carbocycles. The van der Waals surface area contributed by atoms with Gasteiger partial charge in [0, 0.05) is 17.3 Å². The second-order valence-corrected chi connectivity index (χ2v) is 4.43. The zero-order valence-electron chi connectivity index (χ0n) is 10.9. The van der Waals surface area contributed by atoms with Crippen LogP contribution in [0, 0.1) is 5.82 Å². The maximum atomic E-state index is 13.3. The molecule has 0 saturated carbocycles. The minimum Gasteiger partial charge on any atom is -0.493 e. The number of fused-ring (bicyclic) bond motifs is 1. The lowest BCUT2D eigenvalue weighted by atomic mass is 10.1. The summed E-state index contributed by atoms with van der Waals surface area (Å²) in [5.74, 6) is -0.118. The van der Waals surface area contributed by atoms with E-state index in [9.17, 15) is 9.18 Å². The van der Waals surface area contributed by atoms with Crippen LogP contribution < -0.4 is 4.74 Å². The number of hydrogen-bond acceptors (Lipinski definition) is 4. The van der Waals surface area contributed by atoms with E-state index in [-0.39, 0.29) is 5.69 Å². The number of halogens is 2. The molecule has 0 aliphatic heterocycles. The van der Waals surface area contributed by atoms with Gasteiger partial charge in [-0.25, -0.2) is 14.2 Å². The van der Waals surface area contributed by atoms with Crippen molar-refractivity contribution >= 4 is 28.5 Å². The molecule has 0 aliphatic rings. The SMILES string of the molecule is COC(=O)c1cc(OCCCCl)c2cc(F)ccc2n1. The highest BCUT2D eigenvalue weighted by molar-refractivity contribution is 6.17.